The number of anilines is 6. The van der Waals surface area contributed by atoms with E-state index in [0.29, 0.717) is 0 Å². The van der Waals surface area contributed by atoms with Gasteiger partial charge < -0.3 is 19.1 Å². The molecule has 0 unspecified atom stereocenters. The first-order valence-electron chi connectivity index (χ1n) is 37.8. The van der Waals surface area contributed by atoms with E-state index < -0.39 is 7.12 Å². The summed E-state index contributed by atoms with van der Waals surface area (Å²) in [5, 5.41) is 0. The zero-order valence-electron chi connectivity index (χ0n) is 63.1. The van der Waals surface area contributed by atoms with Gasteiger partial charge in [-0.25, -0.2) is 9.97 Å². The number of fused-ring (bicyclic) bond motifs is 2. The molecule has 8 aromatic heterocycles. The lowest BCUT2D eigenvalue weighted by molar-refractivity contribution is 0.00578. The number of hydrogen-bond acceptors (Lipinski definition) is 12. The van der Waals surface area contributed by atoms with E-state index in [0.717, 1.165) is 157 Å². The quantitative estimate of drug-likeness (QED) is 0.0851. The first-order chi connectivity index (χ1) is 55.9. The van der Waals surface area contributed by atoms with Gasteiger partial charge in [-0.05, 0) is 220 Å². The highest BCUT2D eigenvalue weighted by atomic mass is 79.9. The van der Waals surface area contributed by atoms with Crippen molar-refractivity contribution in [2.75, 3.05) is 9.80 Å². The Morgan fingerprint density at radius 3 is 0.904 bits per heavy atom. The third-order valence-electron chi connectivity index (χ3n) is 20.5. The van der Waals surface area contributed by atoms with E-state index in [1.807, 2.05) is 177 Å². The number of nitrogens with zero attached hydrogens (tertiary/aromatic N) is 12. The molecule has 10 aromatic carbocycles. The van der Waals surface area contributed by atoms with Crippen LogP contribution in [0.2, 0.25) is 0 Å². The van der Waals surface area contributed by atoms with Gasteiger partial charge in [-0.2, -0.15) is 0 Å². The molecule has 9 heterocycles. The number of aromatic nitrogens is 10. The van der Waals surface area contributed by atoms with E-state index >= 15 is 0 Å². The van der Waals surface area contributed by atoms with Crippen LogP contribution in [-0.4, -0.2) is 67.3 Å². The molecule has 14 nitrogen and oxygen atoms in total. The van der Waals surface area contributed by atoms with Crippen molar-refractivity contribution in [1.82, 2.24) is 49.0 Å². The van der Waals surface area contributed by atoms with Crippen LogP contribution in [0.1, 0.15) is 27.7 Å². The van der Waals surface area contributed by atoms with Crippen LogP contribution in [0.3, 0.4) is 0 Å². The molecule has 0 saturated carbocycles. The van der Waals surface area contributed by atoms with Crippen LogP contribution >= 0.6 is 15.9 Å². The molecule has 1 saturated heterocycles. The van der Waals surface area contributed by atoms with Gasteiger partial charge in [0.2, 0.25) is 0 Å². The van der Waals surface area contributed by atoms with E-state index in [2.05, 4.69) is 274 Å². The number of benzene rings is 10. The average Bonchev–Trinajstić information content (AvgIpc) is 1.60. The molecule has 0 aliphatic carbocycles. The molecule has 114 heavy (non-hydrogen) atoms. The fraction of sp³-hybridized carbons (Fsp3) is 0.0612. The summed E-state index contributed by atoms with van der Waals surface area (Å²) in [6.07, 6.45) is 11.2. The highest BCUT2D eigenvalue weighted by Gasteiger charge is 2.52. The molecule has 1 aliphatic heterocycles. The first kappa shape index (κ1) is 72.9. The van der Waals surface area contributed by atoms with Gasteiger partial charge in [0.1, 0.15) is 11.4 Å². The summed E-state index contributed by atoms with van der Waals surface area (Å²) in [6.45, 7) is 8.24. The summed E-state index contributed by atoms with van der Waals surface area (Å²) >= 11 is 3.42. The second-order valence-corrected chi connectivity index (χ2v) is 29.4. The molecule has 0 atom stereocenters. The Bertz CT molecular complexity index is 6140. The van der Waals surface area contributed by atoms with Crippen molar-refractivity contribution >= 4 is 84.7 Å². The van der Waals surface area contributed by atoms with Crippen LogP contribution < -0.4 is 15.3 Å². The topological polar surface area (TPSA) is 138 Å². The molecule has 1 fully saturated rings. The maximum absolute atomic E-state index is 6.15. The molecule has 18 aromatic rings. The summed E-state index contributed by atoms with van der Waals surface area (Å²) in [5.41, 5.74) is 24.1. The predicted octanol–water partition coefficient (Wildman–Crippen LogP) is 23.8. The average molecular weight is 1540 g/mol. The monoisotopic (exact) mass is 1540 g/mol. The number of pyridine rings is 6. The summed E-state index contributed by atoms with van der Waals surface area (Å²) in [6, 6.07) is 120. The summed E-state index contributed by atoms with van der Waals surface area (Å²) in [5.74, 6) is 1.62. The molecule has 19 rings (SSSR count). The molecule has 0 radical (unpaired) electrons. The number of rotatable bonds is 16. The van der Waals surface area contributed by atoms with Crippen molar-refractivity contribution in [3.05, 3.63) is 394 Å². The van der Waals surface area contributed by atoms with Crippen LogP contribution in [0.4, 0.5) is 34.1 Å². The predicted molar refractivity (Wildman–Crippen MR) is 466 cm³/mol. The van der Waals surface area contributed by atoms with Crippen LogP contribution in [0.25, 0.3) is 113 Å². The Balaban J connectivity index is 0.000000131. The van der Waals surface area contributed by atoms with Gasteiger partial charge in [0.25, 0.3) is 0 Å². The van der Waals surface area contributed by atoms with Crippen molar-refractivity contribution in [3.63, 3.8) is 0 Å². The SMILES string of the molecule is Brc1ccc(-c2ccc(-c3nc4ccccc4n3-c3ccccc3)nc2)nc1.CC1(C)OB(c2ccc(-c3ccc(N(c4ccccc4)c4ccccc4)cc3)nc2)OC1(C)C.c1ccc(N(c2ccccc2)c2ccc(-c3ccc(-c4ccc(-c5ccc(-c6nc7ccccc7n6-c6ccccc6)nc5)nc4)cn3)cc2)cc1. The van der Waals surface area contributed by atoms with E-state index in [1.54, 1.807) is 6.20 Å². The minimum Gasteiger partial charge on any atom is -0.399 e. The van der Waals surface area contributed by atoms with Crippen LogP contribution in [0.15, 0.2) is 394 Å². The van der Waals surface area contributed by atoms with E-state index in [1.165, 1.54) is 0 Å². The largest absolute Gasteiger partial charge is 0.496 e. The molecular formula is C98H76BBrN12O2. The third kappa shape index (κ3) is 15.7. The summed E-state index contributed by atoms with van der Waals surface area (Å²) < 4.78 is 17.6. The first-order valence-corrected chi connectivity index (χ1v) is 38.6. The minimum absolute atomic E-state index is 0.366. The van der Waals surface area contributed by atoms with Crippen LogP contribution in [-0.2, 0) is 9.31 Å². The Labute approximate surface area is 671 Å². The molecule has 550 valence electrons. The smallest absolute Gasteiger partial charge is 0.399 e. The highest BCUT2D eigenvalue weighted by Crippen LogP contribution is 2.40. The second kappa shape index (κ2) is 32.6. The fourth-order valence-electron chi connectivity index (χ4n) is 13.9. The van der Waals surface area contributed by atoms with Gasteiger partial charge in [-0.1, -0.05) is 176 Å². The van der Waals surface area contributed by atoms with E-state index in [9.17, 15) is 0 Å². The van der Waals surface area contributed by atoms with E-state index in [-0.39, 0.29) is 11.2 Å². The van der Waals surface area contributed by atoms with Crippen LogP contribution in [0.5, 0.6) is 0 Å². The second-order valence-electron chi connectivity index (χ2n) is 28.5. The van der Waals surface area contributed by atoms with Crippen molar-refractivity contribution in [3.8, 4) is 90.6 Å². The Morgan fingerprint density at radius 2 is 0.561 bits per heavy atom. The van der Waals surface area contributed by atoms with Gasteiger partial charge in [-0.15, -0.1) is 0 Å². The molecule has 16 heteroatoms. The van der Waals surface area contributed by atoms with E-state index in [4.69, 9.17) is 44.2 Å². The number of para-hydroxylation sites is 10. The standard InChI is InChI=1S/C46H32N6.C29H29BN2O2.C23H15BrN4/c1-4-12-37(13-5-1)51(38-14-6-2-7-15-38)40-25-20-33(21-26-40)41-27-22-34(30-47-41)35-23-28-42(48-31-35)36-24-29-44(49-32-36)46-50-43-18-10-11-19-45(43)52(46)39-16-8-3-9-17-39;1-28(2)29(3,4)34-30(33-28)23-17-20-27(31-21-23)22-15-18-26(19-16-22)32(24-11-7-5-8-12-24)25-13-9-6-10-14-25;24-17-11-13-19(26-15-17)16-10-12-21(25-14-16)23-27-20-8-4-5-9-22(20)28(23)18-6-2-1-3-7-18/h1-32H;5-21H,1-4H3;1-15H. The number of hydrogen-bond donors (Lipinski definition) is 0. The van der Waals surface area contributed by atoms with Crippen molar-refractivity contribution in [2.24, 2.45) is 0 Å². The molecule has 0 spiro atoms. The Kier molecular flexibility index (Phi) is 20.8. The maximum Gasteiger partial charge on any atom is 0.496 e. The normalized spacial score (nSPS) is 12.7. The highest BCUT2D eigenvalue weighted by molar-refractivity contribution is 9.10. The molecule has 0 bridgehead atoms. The molecule has 1 aliphatic rings. The lowest BCUT2D eigenvalue weighted by atomic mass is 9.80. The maximum atomic E-state index is 6.15. The fourth-order valence-corrected chi connectivity index (χ4v) is 14.1. The lowest BCUT2D eigenvalue weighted by Gasteiger charge is -2.32. The zero-order valence-corrected chi connectivity index (χ0v) is 64.7. The van der Waals surface area contributed by atoms with Gasteiger partial charge in [0.05, 0.1) is 56.0 Å². The third-order valence-corrected chi connectivity index (χ3v) is 21.0. The number of imidazole rings is 2. The zero-order chi connectivity index (χ0) is 77.4. The van der Waals surface area contributed by atoms with Crippen molar-refractivity contribution in [1.29, 1.82) is 0 Å². The molecule has 0 N–H and O–H groups in total. The Hall–Kier alpha value is -13.9. The van der Waals surface area contributed by atoms with Gasteiger partial charge >= 0.3 is 7.12 Å². The Morgan fingerprint density at radius 1 is 0.272 bits per heavy atom. The lowest BCUT2D eigenvalue weighted by Crippen LogP contribution is -2.41. The summed E-state index contributed by atoms with van der Waals surface area (Å²) in [4.78, 5) is 42.6. The minimum atomic E-state index is -0.403. The molecular weight excluding hydrogens is 1470 g/mol. The van der Waals surface area contributed by atoms with Gasteiger partial charge in [0, 0.05) is 126 Å². The van der Waals surface area contributed by atoms with Gasteiger partial charge in [0.15, 0.2) is 11.6 Å². The number of halogens is 1. The molecule has 0 amide bonds. The van der Waals surface area contributed by atoms with Crippen molar-refractivity contribution < 1.29 is 9.31 Å². The van der Waals surface area contributed by atoms with Gasteiger partial charge in [-0.3, -0.25) is 39.0 Å². The summed E-state index contributed by atoms with van der Waals surface area (Å²) in [7, 11) is -0.403. The van der Waals surface area contributed by atoms with Crippen molar-refractivity contribution in [2.45, 2.75) is 38.9 Å². The van der Waals surface area contributed by atoms with Crippen LogP contribution in [0, 0.1) is 0 Å².